The van der Waals surface area contributed by atoms with Crippen molar-refractivity contribution in [3.05, 3.63) is 29.8 Å². The zero-order valence-corrected chi connectivity index (χ0v) is 15.1. The lowest BCUT2D eigenvalue weighted by molar-refractivity contribution is -0.0390. The van der Waals surface area contributed by atoms with E-state index in [-0.39, 0.29) is 0 Å². The summed E-state index contributed by atoms with van der Waals surface area (Å²) in [5.74, 6) is 0. The first-order chi connectivity index (χ1) is 11.7. The summed E-state index contributed by atoms with van der Waals surface area (Å²) in [5, 5.41) is 3.95. The largest absolute Gasteiger partial charge is 0.376 e. The van der Waals surface area contributed by atoms with Gasteiger partial charge in [-0.3, -0.25) is 4.90 Å². The van der Waals surface area contributed by atoms with E-state index in [4.69, 9.17) is 4.74 Å². The van der Waals surface area contributed by atoms with Gasteiger partial charge in [-0.25, -0.2) is 0 Å². The number of aryl methyl sites for hydroxylation is 1. The predicted molar refractivity (Wildman–Crippen MR) is 98.7 cm³/mol. The van der Waals surface area contributed by atoms with Crippen molar-refractivity contribution in [3.8, 4) is 0 Å². The van der Waals surface area contributed by atoms with Gasteiger partial charge in [-0.2, -0.15) is 0 Å². The van der Waals surface area contributed by atoms with Gasteiger partial charge in [0, 0.05) is 50.0 Å². The molecule has 0 radical (unpaired) electrons. The summed E-state index contributed by atoms with van der Waals surface area (Å²) in [5.41, 5.74) is 2.81. The van der Waals surface area contributed by atoms with Gasteiger partial charge in [0.2, 0.25) is 0 Å². The third kappa shape index (κ3) is 3.46. The molecule has 3 heterocycles. The Bertz CT molecular complexity index is 556. The number of para-hydroxylation sites is 1. The smallest absolute Gasteiger partial charge is 0.0674 e. The van der Waals surface area contributed by atoms with E-state index in [1.54, 1.807) is 0 Å². The van der Waals surface area contributed by atoms with Crippen molar-refractivity contribution < 1.29 is 4.74 Å². The summed E-state index contributed by atoms with van der Waals surface area (Å²) in [6.45, 7) is 9.98. The lowest BCUT2D eigenvalue weighted by atomic mass is 10.0. The van der Waals surface area contributed by atoms with Crippen molar-refractivity contribution in [2.24, 2.45) is 0 Å². The van der Waals surface area contributed by atoms with Crippen LogP contribution < -0.4 is 10.2 Å². The Kier molecular flexibility index (Phi) is 4.79. The van der Waals surface area contributed by atoms with E-state index in [9.17, 15) is 0 Å². The van der Waals surface area contributed by atoms with Gasteiger partial charge in [0.15, 0.2) is 0 Å². The summed E-state index contributed by atoms with van der Waals surface area (Å²) in [6.07, 6.45) is 4.16. The van der Waals surface area contributed by atoms with Crippen LogP contribution >= 0.6 is 0 Å². The molecule has 4 nitrogen and oxygen atoms in total. The molecule has 0 saturated carbocycles. The highest BCUT2D eigenvalue weighted by molar-refractivity contribution is 5.53. The highest BCUT2D eigenvalue weighted by atomic mass is 16.5. The number of rotatable bonds is 3. The third-order valence-electron chi connectivity index (χ3n) is 6.02. The first-order valence-corrected chi connectivity index (χ1v) is 9.61. The lowest BCUT2D eigenvalue weighted by Crippen LogP contribution is -2.47. The number of hydrogen-bond donors (Lipinski definition) is 1. The van der Waals surface area contributed by atoms with E-state index in [2.05, 4.69) is 53.2 Å². The number of nitrogens with one attached hydrogen (secondary N) is 1. The fraction of sp³-hybridized carbons (Fsp3) is 0.700. The van der Waals surface area contributed by atoms with Crippen molar-refractivity contribution >= 4 is 5.69 Å². The number of morpholine rings is 1. The van der Waals surface area contributed by atoms with Crippen molar-refractivity contribution in [2.45, 2.75) is 57.3 Å². The van der Waals surface area contributed by atoms with Gasteiger partial charge in [0.05, 0.1) is 12.7 Å². The molecule has 0 amide bonds. The molecule has 0 bridgehead atoms. The van der Waals surface area contributed by atoms with Crippen LogP contribution in [0.15, 0.2) is 24.3 Å². The van der Waals surface area contributed by atoms with Gasteiger partial charge in [0.1, 0.15) is 0 Å². The van der Waals surface area contributed by atoms with Crippen molar-refractivity contribution in [2.75, 3.05) is 37.7 Å². The van der Waals surface area contributed by atoms with Crippen LogP contribution in [0.5, 0.6) is 0 Å². The highest BCUT2D eigenvalue weighted by Crippen LogP contribution is 2.26. The topological polar surface area (TPSA) is 27.7 Å². The molecule has 3 fully saturated rings. The number of hydrogen-bond acceptors (Lipinski definition) is 4. The van der Waals surface area contributed by atoms with Gasteiger partial charge < -0.3 is 15.0 Å². The zero-order chi connectivity index (χ0) is 16.5. The van der Waals surface area contributed by atoms with E-state index in [1.807, 2.05) is 0 Å². The summed E-state index contributed by atoms with van der Waals surface area (Å²) in [6, 6.07) is 10.7. The summed E-state index contributed by atoms with van der Waals surface area (Å²) < 4.78 is 5.83. The molecule has 0 spiro atoms. The van der Waals surface area contributed by atoms with E-state index < -0.39 is 0 Å². The average molecular weight is 329 g/mol. The van der Waals surface area contributed by atoms with Crippen LogP contribution in [0.4, 0.5) is 5.69 Å². The monoisotopic (exact) mass is 329 g/mol. The molecule has 3 aliphatic rings. The van der Waals surface area contributed by atoms with Crippen molar-refractivity contribution in [3.63, 3.8) is 0 Å². The molecular weight excluding hydrogens is 298 g/mol. The van der Waals surface area contributed by atoms with Crippen LogP contribution in [-0.2, 0) is 4.74 Å². The molecule has 1 N–H and O–H groups in total. The van der Waals surface area contributed by atoms with Crippen LogP contribution in [0, 0.1) is 6.92 Å². The summed E-state index contributed by atoms with van der Waals surface area (Å²) >= 11 is 0. The fourth-order valence-electron chi connectivity index (χ4n) is 4.70. The molecule has 3 aliphatic heterocycles. The number of anilines is 1. The minimum absolute atomic E-state index is 0.400. The van der Waals surface area contributed by atoms with E-state index in [0.717, 1.165) is 13.2 Å². The number of nitrogens with zero attached hydrogens (tertiary/aromatic N) is 2. The second-order valence-corrected chi connectivity index (χ2v) is 7.90. The van der Waals surface area contributed by atoms with Gasteiger partial charge in [-0.1, -0.05) is 18.2 Å². The quantitative estimate of drug-likeness (QED) is 0.922. The molecule has 3 saturated heterocycles. The van der Waals surface area contributed by atoms with Crippen LogP contribution in [-0.4, -0.2) is 61.9 Å². The van der Waals surface area contributed by atoms with E-state index in [0.29, 0.717) is 24.2 Å². The van der Waals surface area contributed by atoms with Crippen molar-refractivity contribution in [1.29, 1.82) is 0 Å². The second-order valence-electron chi connectivity index (χ2n) is 7.90. The Balaban J connectivity index is 1.27. The first kappa shape index (κ1) is 16.4. The highest BCUT2D eigenvalue weighted by Gasteiger charge is 2.37. The molecule has 0 aliphatic carbocycles. The molecule has 24 heavy (non-hydrogen) atoms. The zero-order valence-electron chi connectivity index (χ0n) is 15.1. The molecule has 0 unspecified atom stereocenters. The van der Waals surface area contributed by atoms with Crippen LogP contribution in [0.2, 0.25) is 0 Å². The minimum atomic E-state index is 0.400. The third-order valence-corrected chi connectivity index (χ3v) is 6.02. The van der Waals surface area contributed by atoms with Gasteiger partial charge in [-0.05, 0) is 44.7 Å². The number of ether oxygens (including phenoxy) is 1. The lowest BCUT2D eigenvalue weighted by Gasteiger charge is -2.36. The molecule has 0 aromatic heterocycles. The van der Waals surface area contributed by atoms with E-state index in [1.165, 1.54) is 50.1 Å². The molecule has 4 rings (SSSR count). The molecule has 4 heteroatoms. The van der Waals surface area contributed by atoms with Gasteiger partial charge in [0.25, 0.3) is 0 Å². The van der Waals surface area contributed by atoms with Crippen molar-refractivity contribution in [1.82, 2.24) is 10.2 Å². The molecule has 1 aromatic rings. The molecule has 132 valence electrons. The standard InChI is InChI=1S/C20H31N3O/c1-15-5-3-4-6-20(15)22-9-7-17(8-10-22)21-18-11-19-14-24-16(2)12-23(19)13-18/h3-6,16-19,21H,7-14H2,1-2H3/t16-,18+,19-/m0/s1. The Morgan fingerprint density at radius 3 is 2.67 bits per heavy atom. The Morgan fingerprint density at radius 1 is 1.08 bits per heavy atom. The van der Waals surface area contributed by atoms with Crippen LogP contribution in [0.25, 0.3) is 0 Å². The van der Waals surface area contributed by atoms with Crippen LogP contribution in [0.3, 0.4) is 0 Å². The fourth-order valence-corrected chi connectivity index (χ4v) is 4.70. The Morgan fingerprint density at radius 2 is 1.88 bits per heavy atom. The number of benzene rings is 1. The average Bonchev–Trinajstić information content (AvgIpc) is 2.97. The number of fused-ring (bicyclic) bond motifs is 1. The normalized spacial score (nSPS) is 32.1. The minimum Gasteiger partial charge on any atom is -0.376 e. The first-order valence-electron chi connectivity index (χ1n) is 9.61. The van der Waals surface area contributed by atoms with Gasteiger partial charge in [-0.15, -0.1) is 0 Å². The summed E-state index contributed by atoms with van der Waals surface area (Å²) in [7, 11) is 0. The number of piperidine rings is 1. The molecular formula is C20H31N3O. The van der Waals surface area contributed by atoms with E-state index >= 15 is 0 Å². The Labute approximate surface area is 146 Å². The second kappa shape index (κ2) is 7.03. The summed E-state index contributed by atoms with van der Waals surface area (Å²) in [4.78, 5) is 5.19. The maximum atomic E-state index is 5.83. The Hall–Kier alpha value is -1.10. The predicted octanol–water partition coefficient (Wildman–Crippen LogP) is 2.42. The van der Waals surface area contributed by atoms with Crippen LogP contribution in [0.1, 0.15) is 31.7 Å². The molecule has 3 atom stereocenters. The maximum Gasteiger partial charge on any atom is 0.0674 e. The maximum absolute atomic E-state index is 5.83. The van der Waals surface area contributed by atoms with Gasteiger partial charge >= 0.3 is 0 Å². The SMILES string of the molecule is Cc1ccccc1N1CCC(N[C@@H]2C[C@H]3CO[C@@H](C)CN3C2)CC1. The molecule has 1 aromatic carbocycles.